The molecule has 0 aliphatic rings. The van der Waals surface area contributed by atoms with E-state index in [-0.39, 0.29) is 7.43 Å². The van der Waals surface area contributed by atoms with Crippen molar-refractivity contribution in [2.24, 2.45) is 10.2 Å². The predicted molar refractivity (Wildman–Crippen MR) is 80.3 cm³/mol. The Morgan fingerprint density at radius 3 is 2.33 bits per heavy atom. The Labute approximate surface area is 133 Å². The van der Waals surface area contributed by atoms with Crippen LogP contribution < -0.4 is 0 Å². The maximum atomic E-state index is 5.78. The van der Waals surface area contributed by atoms with Gasteiger partial charge in [0.25, 0.3) is 0 Å². The number of halogens is 2. The fraction of sp³-hybridized carbons (Fsp3) is 0. The van der Waals surface area contributed by atoms with Crippen LogP contribution in [0.25, 0.3) is 0 Å². The summed E-state index contributed by atoms with van der Waals surface area (Å²) >= 11 is 9.79. The van der Waals surface area contributed by atoms with Crippen molar-refractivity contribution in [1.82, 2.24) is 4.98 Å². The summed E-state index contributed by atoms with van der Waals surface area (Å²) < 4.78 is 0. The topological polar surface area (TPSA) is 37.6 Å². The summed E-state index contributed by atoms with van der Waals surface area (Å²) in [4.78, 5) is 4.01. The van der Waals surface area contributed by atoms with E-state index < -0.39 is 0 Å². The molecule has 0 aliphatic carbocycles. The number of pyridine rings is 1. The quantitative estimate of drug-likeness (QED) is 0.278. The van der Waals surface area contributed by atoms with Gasteiger partial charge in [-0.1, -0.05) is 29.8 Å². The van der Waals surface area contributed by atoms with Crippen molar-refractivity contribution >= 4 is 42.8 Å². The Morgan fingerprint density at radius 1 is 1.06 bits per heavy atom. The van der Waals surface area contributed by atoms with E-state index in [1.807, 2.05) is 45.4 Å². The van der Waals surface area contributed by atoms with Crippen molar-refractivity contribution in [2.45, 2.75) is 0 Å². The molecule has 0 saturated carbocycles. The van der Waals surface area contributed by atoms with Crippen LogP contribution >= 0.6 is 31.3 Å². The van der Waals surface area contributed by atoms with E-state index in [9.17, 15) is 0 Å². The average molecular weight is 550 g/mol. The molecule has 0 N–H and O–H groups in total. The van der Waals surface area contributed by atoms with Gasteiger partial charge < -0.3 is 7.43 Å². The molecule has 3 nitrogen and oxygen atoms in total. The fourth-order valence-electron chi connectivity index (χ4n) is 1.05. The van der Waals surface area contributed by atoms with Gasteiger partial charge in [0.15, 0.2) is 5.82 Å². The third-order valence-corrected chi connectivity index (χ3v) is 1.97. The van der Waals surface area contributed by atoms with Crippen LogP contribution in [0.3, 0.4) is 0 Å². The number of hydrogen-bond donors (Lipinski definition) is 0. The molecule has 18 heavy (non-hydrogen) atoms. The summed E-state index contributed by atoms with van der Waals surface area (Å²) in [5.74, 6) is 0.506. The molecule has 0 radical (unpaired) electrons. The van der Waals surface area contributed by atoms with Gasteiger partial charge in [-0.05, 0) is 18.2 Å². The standard InChI is InChI=1S/C11H8ClN3.CH3.HI.Os/c12-9-6-7-13-11(8-9)15-14-10-4-2-1-3-5-10;;;/h1-8H;1H3;1H;/q;-1;;+1/p-1. The zero-order chi connectivity index (χ0) is 12.5. The van der Waals surface area contributed by atoms with Crippen molar-refractivity contribution in [1.29, 1.82) is 0 Å². The summed E-state index contributed by atoms with van der Waals surface area (Å²) in [6, 6.07) is 12.8. The number of benzene rings is 1. The van der Waals surface area contributed by atoms with Gasteiger partial charge in [0, 0.05) is 17.3 Å². The van der Waals surface area contributed by atoms with Gasteiger partial charge in [-0.25, -0.2) is 4.98 Å². The van der Waals surface area contributed by atoms with Crippen molar-refractivity contribution < 1.29 is 15.1 Å². The van der Waals surface area contributed by atoms with Gasteiger partial charge in [-0.15, -0.1) is 10.2 Å². The molecule has 1 heterocycles. The second-order valence-corrected chi connectivity index (χ2v) is 3.30. The van der Waals surface area contributed by atoms with Gasteiger partial charge in [-0.3, -0.25) is 0 Å². The van der Waals surface area contributed by atoms with E-state index in [1.54, 1.807) is 18.3 Å². The van der Waals surface area contributed by atoms with Crippen LogP contribution in [0.5, 0.6) is 0 Å². The Balaban J connectivity index is 0.000000917. The molecule has 6 heteroatoms. The summed E-state index contributed by atoms with van der Waals surface area (Å²) in [6.07, 6.45) is 1.60. The number of aromatic nitrogens is 1. The fourth-order valence-corrected chi connectivity index (χ4v) is 1.21. The average Bonchev–Trinajstić information content (AvgIpc) is 2.40. The summed E-state index contributed by atoms with van der Waals surface area (Å²) in [5, 5.41) is 8.59. The molecular formula is C12H11ClIN3Os-. The molecular weight excluding hydrogens is 539 g/mol. The molecule has 2 rings (SSSR count). The number of rotatable bonds is 2. The van der Waals surface area contributed by atoms with Crippen molar-refractivity contribution in [3.05, 3.63) is 61.1 Å². The van der Waals surface area contributed by atoms with Crippen LogP contribution in [0.2, 0.25) is 5.02 Å². The maximum absolute atomic E-state index is 5.78. The molecule has 1 aromatic heterocycles. The first-order chi connectivity index (χ1) is 8.34. The molecule has 0 aliphatic heterocycles. The van der Waals surface area contributed by atoms with E-state index in [4.69, 9.17) is 11.6 Å². The van der Waals surface area contributed by atoms with E-state index in [0.29, 0.717) is 10.8 Å². The first kappa shape index (κ1) is 17.6. The Bertz CT molecular complexity index is 480. The molecule has 0 atom stereocenters. The van der Waals surface area contributed by atoms with Crippen LogP contribution in [0.1, 0.15) is 0 Å². The monoisotopic (exact) mass is 551 g/mol. The van der Waals surface area contributed by atoms with Crippen LogP contribution in [0, 0.1) is 7.43 Å². The third kappa shape index (κ3) is 6.53. The van der Waals surface area contributed by atoms with Crippen LogP contribution in [-0.4, -0.2) is 4.98 Å². The van der Waals surface area contributed by atoms with Gasteiger partial charge in [0.1, 0.15) is 0 Å². The van der Waals surface area contributed by atoms with Gasteiger partial charge in [0.05, 0.1) is 5.69 Å². The molecule has 0 saturated heterocycles. The Morgan fingerprint density at radius 2 is 1.72 bits per heavy atom. The number of nitrogens with zero attached hydrogens (tertiary/aromatic N) is 3. The summed E-state index contributed by atoms with van der Waals surface area (Å²) in [5.41, 5.74) is 0.791. The Kier molecular flexibility index (Phi) is 10.3. The van der Waals surface area contributed by atoms with Crippen molar-refractivity contribution in [3.63, 3.8) is 0 Å². The second-order valence-electron chi connectivity index (χ2n) is 2.87. The third-order valence-electron chi connectivity index (χ3n) is 1.73. The molecule has 0 fully saturated rings. The van der Waals surface area contributed by atoms with E-state index in [2.05, 4.69) is 34.9 Å². The molecule has 2 aromatic rings. The van der Waals surface area contributed by atoms with Crippen molar-refractivity contribution in [3.8, 4) is 0 Å². The van der Waals surface area contributed by atoms with Gasteiger partial charge in [-0.2, -0.15) is 0 Å². The zero-order valence-corrected chi connectivity index (χ0v) is 15.0. The number of hydrogen-bond acceptors (Lipinski definition) is 3. The van der Waals surface area contributed by atoms with Gasteiger partial charge in [0.2, 0.25) is 0 Å². The summed E-state index contributed by atoms with van der Waals surface area (Å²) in [6.45, 7) is 0. The normalized spacial score (nSPS) is 9.28. The Hall–Kier alpha value is -0.374. The first-order valence-corrected chi connectivity index (χ1v) is 12.1. The molecule has 0 amide bonds. The second kappa shape index (κ2) is 10.5. The molecule has 1 aromatic carbocycles. The van der Waals surface area contributed by atoms with E-state index in [0.717, 1.165) is 5.69 Å². The van der Waals surface area contributed by atoms with Crippen molar-refractivity contribution in [2.75, 3.05) is 0 Å². The molecule has 0 bridgehead atoms. The number of azo groups is 1. The predicted octanol–water partition coefficient (Wildman–Crippen LogP) is 5.48. The minimum atomic E-state index is 0. The zero-order valence-electron chi connectivity index (χ0n) is 9.57. The van der Waals surface area contributed by atoms with Crippen LogP contribution in [0.15, 0.2) is 58.9 Å². The molecule has 97 valence electrons. The van der Waals surface area contributed by atoms with Crippen LogP contribution in [-0.2, 0) is 15.1 Å². The van der Waals surface area contributed by atoms with E-state index >= 15 is 0 Å². The minimum absolute atomic E-state index is 0. The van der Waals surface area contributed by atoms with E-state index in [1.165, 1.54) is 0 Å². The van der Waals surface area contributed by atoms with Crippen LogP contribution in [0.4, 0.5) is 11.5 Å². The first-order valence-electron chi connectivity index (χ1n) is 4.56. The summed E-state index contributed by atoms with van der Waals surface area (Å²) in [7, 11) is 0. The molecule has 0 spiro atoms. The SMILES string of the molecule is Clc1ccnc(N=Nc2ccccc2)c1.[CH3-].[I][Os]. The van der Waals surface area contributed by atoms with Gasteiger partial charge >= 0.3 is 34.7 Å². The molecule has 0 unspecified atom stereocenters.